The molecule has 2 aromatic carbocycles. The van der Waals surface area contributed by atoms with Crippen LogP contribution >= 0.6 is 23.1 Å². The van der Waals surface area contributed by atoms with Crippen LogP contribution in [0.3, 0.4) is 0 Å². The summed E-state index contributed by atoms with van der Waals surface area (Å²) in [4.78, 5) is 18.3. The minimum Gasteiger partial charge on any atom is -0.493 e. The maximum atomic E-state index is 13.8. The van der Waals surface area contributed by atoms with Crippen LogP contribution in [0.5, 0.6) is 5.75 Å². The van der Waals surface area contributed by atoms with Crippen LogP contribution in [0.15, 0.2) is 70.6 Å². The molecule has 0 N–H and O–H groups in total. The Morgan fingerprint density at radius 2 is 1.82 bits per heavy atom. The number of ether oxygens (including phenoxy) is 1. The van der Waals surface area contributed by atoms with Crippen molar-refractivity contribution in [3.05, 3.63) is 81.5 Å². The fourth-order valence-corrected chi connectivity index (χ4v) is 6.62. The van der Waals surface area contributed by atoms with Crippen molar-refractivity contribution in [3.63, 3.8) is 0 Å². The number of para-hydroxylation sites is 2. The first-order valence-corrected chi connectivity index (χ1v) is 13.0. The number of thiophene rings is 1. The molecule has 0 fully saturated rings. The topological polar surface area (TPSA) is 64.7 Å². The molecule has 7 nitrogen and oxygen atoms in total. The molecule has 0 bridgehead atoms. The van der Waals surface area contributed by atoms with Gasteiger partial charge >= 0.3 is 0 Å². The Morgan fingerprint density at radius 3 is 2.62 bits per heavy atom. The van der Waals surface area contributed by atoms with Gasteiger partial charge in [0.25, 0.3) is 5.56 Å². The quantitative estimate of drug-likeness (QED) is 0.262. The molecular formula is C25H23N5O2S2. The lowest BCUT2D eigenvalue weighted by Gasteiger charge is -2.21. The summed E-state index contributed by atoms with van der Waals surface area (Å²) in [5.41, 5.74) is 1.95. The Bertz CT molecular complexity index is 1530. The minimum absolute atomic E-state index is 0.0212. The van der Waals surface area contributed by atoms with Crippen molar-refractivity contribution >= 4 is 39.1 Å². The number of benzene rings is 2. The van der Waals surface area contributed by atoms with Crippen LogP contribution in [0, 0.1) is 0 Å². The maximum absolute atomic E-state index is 13.8. The van der Waals surface area contributed by atoms with Gasteiger partial charge in [-0.1, -0.05) is 48.2 Å². The van der Waals surface area contributed by atoms with Crippen LogP contribution in [0.1, 0.15) is 10.4 Å². The van der Waals surface area contributed by atoms with E-state index in [0.29, 0.717) is 12.4 Å². The summed E-state index contributed by atoms with van der Waals surface area (Å²) < 4.78 is 9.61. The van der Waals surface area contributed by atoms with E-state index < -0.39 is 0 Å². The highest BCUT2D eigenvalue weighted by Crippen LogP contribution is 2.35. The normalized spacial score (nSPS) is 14.0. The van der Waals surface area contributed by atoms with Crippen molar-refractivity contribution < 1.29 is 4.74 Å². The predicted octanol–water partition coefficient (Wildman–Crippen LogP) is 4.25. The van der Waals surface area contributed by atoms with E-state index in [1.54, 1.807) is 27.7 Å². The zero-order valence-corrected chi connectivity index (χ0v) is 20.3. The molecule has 3 aromatic heterocycles. The highest BCUT2D eigenvalue weighted by atomic mass is 32.2. The molecule has 0 atom stereocenters. The fraction of sp³-hybridized carbons (Fsp3) is 0.240. The number of aromatic nitrogens is 4. The molecule has 1 aliphatic rings. The monoisotopic (exact) mass is 489 g/mol. The molecule has 4 heterocycles. The van der Waals surface area contributed by atoms with Crippen molar-refractivity contribution in [2.75, 3.05) is 26.0 Å². The van der Waals surface area contributed by atoms with Gasteiger partial charge in [0.2, 0.25) is 5.78 Å². The first kappa shape index (κ1) is 21.4. The van der Waals surface area contributed by atoms with Gasteiger partial charge in [0.05, 0.1) is 17.7 Å². The SMILES string of the molecule is CN1CCc2c(sc3c2c(=O)n(-c2ccccc2)c2nnc(SCCOc4ccccc4)n32)C1. The van der Waals surface area contributed by atoms with Crippen molar-refractivity contribution in [1.82, 2.24) is 24.1 Å². The van der Waals surface area contributed by atoms with E-state index in [-0.39, 0.29) is 5.56 Å². The van der Waals surface area contributed by atoms with E-state index in [2.05, 4.69) is 26.5 Å². The Kier molecular flexibility index (Phi) is 5.60. The fourth-order valence-electron chi connectivity index (χ4n) is 4.39. The third-order valence-corrected chi connectivity index (χ3v) is 8.10. The molecule has 0 amide bonds. The zero-order chi connectivity index (χ0) is 23.1. The van der Waals surface area contributed by atoms with Crippen LogP contribution in [0.4, 0.5) is 0 Å². The summed E-state index contributed by atoms with van der Waals surface area (Å²) >= 11 is 3.28. The summed E-state index contributed by atoms with van der Waals surface area (Å²) in [5.74, 6) is 2.11. The zero-order valence-electron chi connectivity index (χ0n) is 18.7. The van der Waals surface area contributed by atoms with Crippen LogP contribution < -0.4 is 10.3 Å². The number of hydrogen-bond acceptors (Lipinski definition) is 7. The molecule has 0 saturated heterocycles. The molecule has 0 saturated carbocycles. The Balaban J connectivity index is 1.46. The van der Waals surface area contributed by atoms with Crippen molar-refractivity contribution in [2.45, 2.75) is 18.1 Å². The summed E-state index contributed by atoms with van der Waals surface area (Å²) in [6, 6.07) is 19.5. The Morgan fingerprint density at radius 1 is 1.06 bits per heavy atom. The predicted molar refractivity (Wildman–Crippen MR) is 137 cm³/mol. The molecule has 5 aromatic rings. The Hall–Kier alpha value is -3.14. The molecular weight excluding hydrogens is 466 g/mol. The van der Waals surface area contributed by atoms with Crippen LogP contribution in [-0.4, -0.2) is 50.0 Å². The molecule has 0 spiro atoms. The number of rotatable bonds is 6. The largest absolute Gasteiger partial charge is 0.493 e. The molecule has 172 valence electrons. The van der Waals surface area contributed by atoms with Crippen molar-refractivity contribution in [2.24, 2.45) is 0 Å². The van der Waals surface area contributed by atoms with Gasteiger partial charge in [-0.05, 0) is 43.3 Å². The van der Waals surface area contributed by atoms with Gasteiger partial charge < -0.3 is 9.64 Å². The van der Waals surface area contributed by atoms with E-state index in [9.17, 15) is 4.79 Å². The van der Waals surface area contributed by atoms with E-state index in [0.717, 1.165) is 52.1 Å². The number of hydrogen-bond donors (Lipinski definition) is 0. The number of fused-ring (bicyclic) bond motifs is 5. The maximum Gasteiger partial charge on any atom is 0.268 e. The highest BCUT2D eigenvalue weighted by molar-refractivity contribution is 7.99. The van der Waals surface area contributed by atoms with Crippen LogP contribution in [-0.2, 0) is 13.0 Å². The number of thioether (sulfide) groups is 1. The van der Waals surface area contributed by atoms with E-state index in [1.807, 2.05) is 60.7 Å². The van der Waals surface area contributed by atoms with Gasteiger partial charge in [-0.2, -0.15) is 0 Å². The van der Waals surface area contributed by atoms with E-state index in [1.165, 1.54) is 10.4 Å². The second kappa shape index (κ2) is 8.90. The second-order valence-electron chi connectivity index (χ2n) is 8.28. The first-order valence-electron chi connectivity index (χ1n) is 11.2. The lowest BCUT2D eigenvalue weighted by Crippen LogP contribution is -2.27. The van der Waals surface area contributed by atoms with Gasteiger partial charge in [0.15, 0.2) is 5.16 Å². The van der Waals surface area contributed by atoms with Gasteiger partial charge in [-0.25, -0.2) is 8.97 Å². The van der Waals surface area contributed by atoms with Gasteiger partial charge in [-0.15, -0.1) is 21.5 Å². The molecule has 0 unspecified atom stereocenters. The standard InChI is InChI=1S/C25H23N5O2S2/c1-28-13-12-19-20(16-28)34-23-21(19)22(31)29(17-8-4-2-5-9-17)24-26-27-25(30(23)24)33-15-14-32-18-10-6-3-7-11-18/h2-11H,12-16H2,1H3. The summed E-state index contributed by atoms with van der Waals surface area (Å²) in [7, 11) is 2.12. The summed E-state index contributed by atoms with van der Waals surface area (Å²) in [5, 5.41) is 10.5. The third-order valence-electron chi connectivity index (χ3n) is 6.01. The van der Waals surface area contributed by atoms with E-state index in [4.69, 9.17) is 4.74 Å². The highest BCUT2D eigenvalue weighted by Gasteiger charge is 2.26. The summed E-state index contributed by atoms with van der Waals surface area (Å²) in [6.07, 6.45) is 0.872. The molecule has 1 aliphatic heterocycles. The minimum atomic E-state index is -0.0212. The van der Waals surface area contributed by atoms with Gasteiger partial charge in [0.1, 0.15) is 10.6 Å². The first-order chi connectivity index (χ1) is 16.7. The lowest BCUT2D eigenvalue weighted by molar-refractivity contribution is 0.318. The van der Waals surface area contributed by atoms with Gasteiger partial charge in [0, 0.05) is 23.7 Å². The van der Waals surface area contributed by atoms with Gasteiger partial charge in [-0.3, -0.25) is 4.79 Å². The van der Waals surface area contributed by atoms with Crippen LogP contribution in [0.25, 0.3) is 21.7 Å². The molecule has 0 aliphatic carbocycles. The van der Waals surface area contributed by atoms with Crippen molar-refractivity contribution in [1.29, 1.82) is 0 Å². The lowest BCUT2D eigenvalue weighted by atomic mass is 10.1. The third kappa shape index (κ3) is 3.70. The molecule has 34 heavy (non-hydrogen) atoms. The average molecular weight is 490 g/mol. The smallest absolute Gasteiger partial charge is 0.268 e. The van der Waals surface area contributed by atoms with Crippen LogP contribution in [0.2, 0.25) is 0 Å². The second-order valence-corrected chi connectivity index (χ2v) is 10.4. The average Bonchev–Trinajstić information content (AvgIpc) is 3.44. The molecule has 0 radical (unpaired) electrons. The molecule has 6 rings (SSSR count). The Labute approximate surface area is 204 Å². The molecule has 9 heteroatoms. The number of likely N-dealkylation sites (N-methyl/N-ethyl adjacent to an activating group) is 1. The van der Waals surface area contributed by atoms with Crippen molar-refractivity contribution in [3.8, 4) is 11.4 Å². The van der Waals surface area contributed by atoms with E-state index >= 15 is 0 Å². The summed E-state index contributed by atoms with van der Waals surface area (Å²) in [6.45, 7) is 2.36. The number of nitrogens with zero attached hydrogens (tertiary/aromatic N) is 5.